The van der Waals surface area contributed by atoms with Crippen LogP contribution in [0, 0.1) is 51.2 Å². The molecule has 3 N–H and O–H groups in total. The highest BCUT2D eigenvalue weighted by atomic mass is 16.4. The number of aliphatic hydroxyl groups is 1. The van der Waals surface area contributed by atoms with E-state index in [0.717, 1.165) is 44.9 Å². The Morgan fingerprint density at radius 1 is 1.03 bits per heavy atom. The topological polar surface area (TPSA) is 94.8 Å². The molecule has 4 aliphatic carbocycles. The zero-order valence-electron chi connectivity index (χ0n) is 23.0. The summed E-state index contributed by atoms with van der Waals surface area (Å²) in [5, 5.41) is 31.3. The molecule has 0 heterocycles. The lowest BCUT2D eigenvalue weighted by atomic mass is 9.34. The standard InChI is InChI=1S/C30H48O5/c1-18-10-15-30(25(33)34)17-16-28(6)20(24(30)19(18)2)8-9-22-27(5,13-12-23(31)32)21(26(3,4)35)11-14-29(22,28)7/h8,18-19,21-22,24,35H,9-17H2,1-7H3,(H,31,32)(H,33,34)/t18-,19+,21+,22-,24+,27+,28-,29-,30+/m1/s1. The monoisotopic (exact) mass is 488 g/mol. The summed E-state index contributed by atoms with van der Waals surface area (Å²) in [6.07, 6.45) is 9.12. The molecule has 0 aromatic rings. The van der Waals surface area contributed by atoms with E-state index in [1.807, 2.05) is 13.8 Å². The fourth-order valence-electron chi connectivity index (χ4n) is 10.1. The molecule has 0 spiro atoms. The minimum Gasteiger partial charge on any atom is -0.481 e. The van der Waals surface area contributed by atoms with Gasteiger partial charge < -0.3 is 15.3 Å². The van der Waals surface area contributed by atoms with E-state index in [1.54, 1.807) is 0 Å². The number of hydrogen-bond donors (Lipinski definition) is 3. The van der Waals surface area contributed by atoms with Gasteiger partial charge in [-0.15, -0.1) is 0 Å². The number of fused-ring (bicyclic) bond motifs is 5. The minimum atomic E-state index is -0.877. The summed E-state index contributed by atoms with van der Waals surface area (Å²) >= 11 is 0. The highest BCUT2D eigenvalue weighted by Gasteiger charge is 2.68. The third-order valence-electron chi connectivity index (χ3n) is 12.4. The Morgan fingerprint density at radius 2 is 1.69 bits per heavy atom. The van der Waals surface area contributed by atoms with Gasteiger partial charge in [-0.1, -0.05) is 46.3 Å². The summed E-state index contributed by atoms with van der Waals surface area (Å²) in [5.74, 6) is -0.209. The average Bonchev–Trinajstić information content (AvgIpc) is 2.74. The van der Waals surface area contributed by atoms with Gasteiger partial charge in [0.15, 0.2) is 0 Å². The molecule has 0 amide bonds. The van der Waals surface area contributed by atoms with Gasteiger partial charge in [0.05, 0.1) is 11.0 Å². The Kier molecular flexibility index (Phi) is 6.35. The minimum absolute atomic E-state index is 0.0290. The Hall–Kier alpha value is -1.36. The third kappa shape index (κ3) is 3.65. The van der Waals surface area contributed by atoms with Crippen molar-refractivity contribution < 1.29 is 24.9 Å². The highest BCUT2D eigenvalue weighted by Crippen LogP contribution is 2.74. The number of rotatable bonds is 5. The maximum atomic E-state index is 12.8. The highest BCUT2D eigenvalue weighted by molar-refractivity contribution is 5.76. The van der Waals surface area contributed by atoms with Crippen molar-refractivity contribution in [1.29, 1.82) is 0 Å². The second kappa shape index (κ2) is 8.33. The largest absolute Gasteiger partial charge is 0.481 e. The Labute approximate surface area is 211 Å². The first-order chi connectivity index (χ1) is 16.0. The van der Waals surface area contributed by atoms with Crippen LogP contribution in [0.1, 0.15) is 106 Å². The van der Waals surface area contributed by atoms with Gasteiger partial charge in [0.2, 0.25) is 0 Å². The molecule has 35 heavy (non-hydrogen) atoms. The van der Waals surface area contributed by atoms with Crippen molar-refractivity contribution in [3.8, 4) is 0 Å². The lowest BCUT2D eigenvalue weighted by Gasteiger charge is -2.69. The molecule has 0 aliphatic heterocycles. The molecular formula is C30H48O5. The van der Waals surface area contributed by atoms with Crippen LogP contribution in [-0.4, -0.2) is 32.9 Å². The first kappa shape index (κ1) is 26.7. The van der Waals surface area contributed by atoms with E-state index in [4.69, 9.17) is 0 Å². The van der Waals surface area contributed by atoms with Gasteiger partial charge in [-0.25, -0.2) is 0 Å². The predicted molar refractivity (Wildman–Crippen MR) is 137 cm³/mol. The Morgan fingerprint density at radius 3 is 2.26 bits per heavy atom. The molecule has 198 valence electrons. The van der Waals surface area contributed by atoms with Crippen molar-refractivity contribution in [2.75, 3.05) is 0 Å². The summed E-state index contributed by atoms with van der Waals surface area (Å²) in [4.78, 5) is 24.5. The van der Waals surface area contributed by atoms with Gasteiger partial charge in [-0.2, -0.15) is 0 Å². The van der Waals surface area contributed by atoms with E-state index in [0.29, 0.717) is 18.3 Å². The van der Waals surface area contributed by atoms with Crippen LogP contribution < -0.4 is 0 Å². The molecule has 9 atom stereocenters. The molecule has 5 nitrogen and oxygen atoms in total. The summed E-state index contributed by atoms with van der Waals surface area (Å²) in [6, 6.07) is 0. The van der Waals surface area contributed by atoms with E-state index >= 15 is 0 Å². The number of carbonyl (C=O) groups is 2. The number of aliphatic carboxylic acids is 2. The molecule has 0 radical (unpaired) electrons. The van der Waals surface area contributed by atoms with Crippen molar-refractivity contribution >= 4 is 11.9 Å². The molecule has 4 rings (SSSR count). The van der Waals surface area contributed by atoms with Crippen molar-refractivity contribution in [2.45, 2.75) is 112 Å². The van der Waals surface area contributed by atoms with E-state index in [9.17, 15) is 24.9 Å². The molecular weight excluding hydrogens is 440 g/mol. The quantitative estimate of drug-likeness (QED) is 0.382. The average molecular weight is 489 g/mol. The van der Waals surface area contributed by atoms with Crippen LogP contribution in [-0.2, 0) is 9.59 Å². The molecule has 0 saturated heterocycles. The molecule has 5 heteroatoms. The molecule has 0 aromatic carbocycles. The van der Waals surface area contributed by atoms with Crippen LogP contribution in [0.5, 0.6) is 0 Å². The first-order valence-electron chi connectivity index (χ1n) is 13.9. The molecule has 3 fully saturated rings. The second-order valence-corrected chi connectivity index (χ2v) is 14.2. The lowest BCUT2D eigenvalue weighted by molar-refractivity contribution is -0.191. The van der Waals surface area contributed by atoms with Crippen molar-refractivity contribution in [2.24, 2.45) is 51.2 Å². The number of allylic oxidation sites excluding steroid dienone is 2. The van der Waals surface area contributed by atoms with Gasteiger partial charge >= 0.3 is 11.9 Å². The van der Waals surface area contributed by atoms with Crippen molar-refractivity contribution in [3.05, 3.63) is 11.6 Å². The van der Waals surface area contributed by atoms with Crippen LogP contribution in [0.2, 0.25) is 0 Å². The van der Waals surface area contributed by atoms with Crippen molar-refractivity contribution in [1.82, 2.24) is 0 Å². The van der Waals surface area contributed by atoms with E-state index in [2.05, 4.69) is 40.7 Å². The van der Waals surface area contributed by atoms with E-state index in [1.165, 1.54) is 5.57 Å². The number of hydrogen-bond acceptors (Lipinski definition) is 3. The lowest BCUT2D eigenvalue weighted by Crippen LogP contribution is -2.64. The fourth-order valence-corrected chi connectivity index (χ4v) is 10.1. The summed E-state index contributed by atoms with van der Waals surface area (Å²) in [6.45, 7) is 15.4. The van der Waals surface area contributed by atoms with Crippen LogP contribution in [0.25, 0.3) is 0 Å². The zero-order valence-corrected chi connectivity index (χ0v) is 23.0. The number of carboxylic acids is 2. The van der Waals surface area contributed by atoms with Gasteiger partial charge in [0.1, 0.15) is 0 Å². The SMILES string of the molecule is C[C@H]1[C@H](C)CC[C@]2(C(=O)O)CC[C@]3(C)C(=CC[C@@H]4[C@@](C)(CCC(=O)O)[C@H](C(C)(C)O)CC[C@]43C)[C@H]12. The Balaban J connectivity index is 1.84. The molecule has 0 bridgehead atoms. The molecule has 3 saturated carbocycles. The van der Waals surface area contributed by atoms with Crippen LogP contribution in [0.4, 0.5) is 0 Å². The predicted octanol–water partition coefficient (Wildman–Crippen LogP) is 6.54. The van der Waals surface area contributed by atoms with E-state index in [-0.39, 0.29) is 40.4 Å². The van der Waals surface area contributed by atoms with Crippen LogP contribution >= 0.6 is 0 Å². The Bertz CT molecular complexity index is 916. The molecule has 0 aromatic heterocycles. The maximum absolute atomic E-state index is 12.8. The smallest absolute Gasteiger partial charge is 0.310 e. The second-order valence-electron chi connectivity index (χ2n) is 14.2. The third-order valence-corrected chi connectivity index (χ3v) is 12.4. The molecule has 0 unspecified atom stereocenters. The van der Waals surface area contributed by atoms with Gasteiger partial charge in [0.25, 0.3) is 0 Å². The van der Waals surface area contributed by atoms with Gasteiger partial charge in [-0.05, 0) is 111 Å². The summed E-state index contributed by atoms with van der Waals surface area (Å²) in [7, 11) is 0. The molecule has 4 aliphatic rings. The van der Waals surface area contributed by atoms with Crippen molar-refractivity contribution in [3.63, 3.8) is 0 Å². The summed E-state index contributed by atoms with van der Waals surface area (Å²) in [5.41, 5.74) is -0.625. The van der Waals surface area contributed by atoms with Gasteiger partial charge in [0, 0.05) is 6.42 Å². The van der Waals surface area contributed by atoms with E-state index < -0.39 is 23.0 Å². The van der Waals surface area contributed by atoms with Crippen LogP contribution in [0.15, 0.2) is 11.6 Å². The first-order valence-corrected chi connectivity index (χ1v) is 13.9. The maximum Gasteiger partial charge on any atom is 0.310 e. The van der Waals surface area contributed by atoms with Crippen LogP contribution in [0.3, 0.4) is 0 Å². The number of carboxylic acid groups (broad SMARTS) is 2. The fraction of sp³-hybridized carbons (Fsp3) is 0.867. The zero-order chi connectivity index (χ0) is 26.2. The van der Waals surface area contributed by atoms with Gasteiger partial charge in [-0.3, -0.25) is 9.59 Å². The summed E-state index contributed by atoms with van der Waals surface area (Å²) < 4.78 is 0. The normalized spacial score (nSPS) is 47.7.